The monoisotopic (exact) mass is 344 g/mol. The molecule has 0 fully saturated rings. The summed E-state index contributed by atoms with van der Waals surface area (Å²) in [6.07, 6.45) is 0. The molecule has 1 N–H and O–H groups in total. The van der Waals surface area contributed by atoms with Crippen LogP contribution in [-0.4, -0.2) is 9.97 Å². The summed E-state index contributed by atoms with van der Waals surface area (Å²) in [5.74, 6) is -1.20. The van der Waals surface area contributed by atoms with Crippen LogP contribution in [0.4, 0.5) is 8.78 Å². The quantitative estimate of drug-likeness (QED) is 0.390. The number of pyridine rings is 1. The molecule has 0 saturated heterocycles. The van der Waals surface area contributed by atoms with Gasteiger partial charge in [-0.2, -0.15) is 0 Å². The lowest BCUT2D eigenvalue weighted by molar-refractivity contribution is 0.591. The molecule has 0 aliphatic heterocycles. The van der Waals surface area contributed by atoms with Crippen LogP contribution in [0.5, 0.6) is 0 Å². The lowest BCUT2D eigenvalue weighted by Gasteiger charge is -2.08. The Morgan fingerprint density at radius 1 is 0.846 bits per heavy atom. The van der Waals surface area contributed by atoms with Crippen LogP contribution in [0, 0.1) is 18.6 Å². The summed E-state index contributed by atoms with van der Waals surface area (Å²) in [5, 5.41) is 2.13. The molecule has 0 radical (unpaired) electrons. The molecule has 0 aliphatic carbocycles. The number of hydrogen-bond acceptors (Lipinski definition) is 1. The van der Waals surface area contributed by atoms with E-state index in [1.54, 1.807) is 0 Å². The summed E-state index contributed by atoms with van der Waals surface area (Å²) in [4.78, 5) is 7.98. The highest BCUT2D eigenvalue weighted by Crippen LogP contribution is 2.38. The number of halogens is 2. The number of aryl methyl sites for hydroxylation is 1. The van der Waals surface area contributed by atoms with Crippen molar-refractivity contribution in [2.24, 2.45) is 0 Å². The molecule has 0 spiro atoms. The number of para-hydroxylation sites is 1. The lowest BCUT2D eigenvalue weighted by Crippen LogP contribution is -1.89. The smallest absolute Gasteiger partial charge is 0.150 e. The minimum Gasteiger partial charge on any atom is -0.351 e. The van der Waals surface area contributed by atoms with Gasteiger partial charge < -0.3 is 4.98 Å². The van der Waals surface area contributed by atoms with Gasteiger partial charge in [0.25, 0.3) is 0 Å². The highest BCUT2D eigenvalue weighted by atomic mass is 19.1. The van der Waals surface area contributed by atoms with E-state index in [9.17, 15) is 8.78 Å². The number of nitrogens with one attached hydrogen (secondary N) is 1. The Balaban J connectivity index is 2.03. The van der Waals surface area contributed by atoms with Crippen molar-refractivity contribution >= 4 is 32.7 Å². The van der Waals surface area contributed by atoms with Crippen LogP contribution < -0.4 is 0 Å². The van der Waals surface area contributed by atoms with Crippen molar-refractivity contribution in [1.82, 2.24) is 9.97 Å². The largest absolute Gasteiger partial charge is 0.351 e. The first-order valence-corrected chi connectivity index (χ1v) is 8.38. The van der Waals surface area contributed by atoms with Crippen LogP contribution in [0.1, 0.15) is 5.56 Å². The van der Waals surface area contributed by atoms with Crippen molar-refractivity contribution in [1.29, 1.82) is 0 Å². The highest BCUT2D eigenvalue weighted by molar-refractivity contribution is 6.20. The van der Waals surface area contributed by atoms with Crippen molar-refractivity contribution < 1.29 is 8.78 Å². The molecular formula is C22H14F2N2. The average Bonchev–Trinajstić information content (AvgIpc) is 3.02. The van der Waals surface area contributed by atoms with E-state index in [1.807, 2.05) is 55.5 Å². The number of rotatable bonds is 1. The van der Waals surface area contributed by atoms with Gasteiger partial charge in [0.2, 0.25) is 0 Å². The SMILES string of the molecule is Cc1ccc(-c2nc3ccccc3c3[nH]c4c(F)cc(F)cc4c23)cc1. The Kier molecular flexibility index (Phi) is 3.10. The number of aromatic amines is 1. The summed E-state index contributed by atoms with van der Waals surface area (Å²) in [5.41, 5.74) is 4.65. The topological polar surface area (TPSA) is 28.7 Å². The number of hydrogen-bond donors (Lipinski definition) is 1. The Hall–Kier alpha value is -3.27. The van der Waals surface area contributed by atoms with E-state index in [-0.39, 0.29) is 0 Å². The Bertz CT molecular complexity index is 1300. The molecule has 2 heterocycles. The second-order valence-corrected chi connectivity index (χ2v) is 6.53. The molecule has 0 unspecified atom stereocenters. The van der Waals surface area contributed by atoms with Gasteiger partial charge in [0.15, 0.2) is 0 Å². The number of nitrogens with zero attached hydrogens (tertiary/aromatic N) is 1. The molecule has 0 saturated carbocycles. The van der Waals surface area contributed by atoms with Crippen molar-refractivity contribution in [3.8, 4) is 11.3 Å². The molecule has 0 bridgehead atoms. The molecule has 26 heavy (non-hydrogen) atoms. The third-order valence-electron chi connectivity index (χ3n) is 4.79. The van der Waals surface area contributed by atoms with Gasteiger partial charge in [0, 0.05) is 27.8 Å². The first-order valence-electron chi connectivity index (χ1n) is 8.38. The summed E-state index contributed by atoms with van der Waals surface area (Å²) in [6, 6.07) is 18.0. The first-order chi connectivity index (χ1) is 12.6. The second kappa shape index (κ2) is 5.36. The number of fused-ring (bicyclic) bond motifs is 5. The number of H-pyrrole nitrogens is 1. The van der Waals surface area contributed by atoms with Crippen molar-refractivity contribution in [2.45, 2.75) is 6.92 Å². The molecule has 0 aliphatic rings. The van der Waals surface area contributed by atoms with Gasteiger partial charge in [-0.15, -0.1) is 0 Å². The maximum Gasteiger partial charge on any atom is 0.150 e. The Labute approximate surface area is 148 Å². The summed E-state index contributed by atoms with van der Waals surface area (Å²) >= 11 is 0. The zero-order valence-electron chi connectivity index (χ0n) is 14.0. The van der Waals surface area contributed by atoms with Gasteiger partial charge in [0.1, 0.15) is 11.6 Å². The van der Waals surface area contributed by atoms with Crippen molar-refractivity contribution in [2.75, 3.05) is 0 Å². The van der Waals surface area contributed by atoms with Crippen molar-refractivity contribution in [3.05, 3.63) is 77.9 Å². The van der Waals surface area contributed by atoms with E-state index in [0.29, 0.717) is 10.9 Å². The molecule has 3 aromatic carbocycles. The molecule has 0 atom stereocenters. The molecule has 0 amide bonds. The van der Waals surface area contributed by atoms with Gasteiger partial charge >= 0.3 is 0 Å². The molecular weight excluding hydrogens is 330 g/mol. The van der Waals surface area contributed by atoms with E-state index in [1.165, 1.54) is 6.07 Å². The third kappa shape index (κ3) is 2.12. The van der Waals surface area contributed by atoms with E-state index < -0.39 is 11.6 Å². The molecule has 2 nitrogen and oxygen atoms in total. The predicted octanol–water partition coefficient (Wildman–Crippen LogP) is 6.12. The van der Waals surface area contributed by atoms with Crippen LogP contribution in [0.3, 0.4) is 0 Å². The van der Waals surface area contributed by atoms with Gasteiger partial charge in [-0.3, -0.25) is 0 Å². The standard InChI is InChI=1S/C22H14F2N2/c1-12-6-8-13(9-7-12)20-19-16-10-14(23)11-17(24)21(16)26-22(19)15-4-2-3-5-18(15)25-20/h2-11,26H,1H3. The van der Waals surface area contributed by atoms with Gasteiger partial charge in [-0.25, -0.2) is 13.8 Å². The van der Waals surface area contributed by atoms with Crippen molar-refractivity contribution in [3.63, 3.8) is 0 Å². The Morgan fingerprint density at radius 2 is 1.62 bits per heavy atom. The normalized spacial score (nSPS) is 11.7. The van der Waals surface area contributed by atoms with Gasteiger partial charge in [-0.1, -0.05) is 48.0 Å². The highest BCUT2D eigenvalue weighted by Gasteiger charge is 2.18. The van der Waals surface area contributed by atoms with Crippen LogP contribution in [0.2, 0.25) is 0 Å². The molecule has 2 aromatic heterocycles. The number of benzene rings is 3. The van der Waals surface area contributed by atoms with Gasteiger partial charge in [-0.05, 0) is 19.1 Å². The number of aromatic nitrogens is 2. The summed E-state index contributed by atoms with van der Waals surface area (Å²) in [7, 11) is 0. The maximum absolute atomic E-state index is 14.4. The van der Waals surface area contributed by atoms with E-state index in [0.717, 1.165) is 44.7 Å². The third-order valence-corrected chi connectivity index (χ3v) is 4.79. The Morgan fingerprint density at radius 3 is 2.42 bits per heavy atom. The predicted molar refractivity (Wildman–Crippen MR) is 101 cm³/mol. The molecule has 5 aromatic rings. The zero-order chi connectivity index (χ0) is 17.8. The van der Waals surface area contributed by atoms with E-state index >= 15 is 0 Å². The van der Waals surface area contributed by atoms with Crippen LogP contribution in [0.25, 0.3) is 44.0 Å². The fourth-order valence-corrected chi connectivity index (χ4v) is 3.55. The van der Waals surface area contributed by atoms with Crippen LogP contribution in [0.15, 0.2) is 60.7 Å². The fraction of sp³-hybridized carbons (Fsp3) is 0.0455. The molecule has 5 rings (SSSR count). The average molecular weight is 344 g/mol. The zero-order valence-corrected chi connectivity index (χ0v) is 14.0. The second-order valence-electron chi connectivity index (χ2n) is 6.53. The fourth-order valence-electron chi connectivity index (χ4n) is 3.55. The van der Waals surface area contributed by atoms with Crippen LogP contribution >= 0.6 is 0 Å². The summed E-state index contributed by atoms with van der Waals surface area (Å²) < 4.78 is 28.3. The summed E-state index contributed by atoms with van der Waals surface area (Å²) in [6.45, 7) is 2.02. The maximum atomic E-state index is 14.4. The molecule has 126 valence electrons. The lowest BCUT2D eigenvalue weighted by atomic mass is 10.0. The first kappa shape index (κ1) is 15.0. The molecule has 4 heteroatoms. The van der Waals surface area contributed by atoms with Gasteiger partial charge in [0.05, 0.1) is 22.2 Å². The minimum atomic E-state index is -0.602. The van der Waals surface area contributed by atoms with E-state index in [4.69, 9.17) is 4.98 Å². The van der Waals surface area contributed by atoms with Crippen LogP contribution in [-0.2, 0) is 0 Å². The van der Waals surface area contributed by atoms with E-state index in [2.05, 4.69) is 4.98 Å². The minimum absolute atomic E-state index is 0.299.